The predicted octanol–water partition coefficient (Wildman–Crippen LogP) is 3.23. The van der Waals surface area contributed by atoms with Crippen LogP contribution < -0.4 is 11.1 Å². The zero-order valence-corrected chi connectivity index (χ0v) is 15.4. The highest BCUT2D eigenvalue weighted by Gasteiger charge is 2.27. The molecule has 0 spiro atoms. The zero-order valence-electron chi connectivity index (χ0n) is 13.1. The first kappa shape index (κ1) is 17.7. The Labute approximate surface area is 155 Å². The summed E-state index contributed by atoms with van der Waals surface area (Å²) in [5.74, 6) is -0.168. The van der Waals surface area contributed by atoms with Gasteiger partial charge in [0.2, 0.25) is 5.91 Å². The molecule has 1 unspecified atom stereocenters. The van der Waals surface area contributed by atoms with Crippen LogP contribution in [-0.2, 0) is 17.8 Å². The van der Waals surface area contributed by atoms with Gasteiger partial charge in [0.15, 0.2) is 0 Å². The molecule has 24 heavy (non-hydrogen) atoms. The number of benzene rings is 1. The van der Waals surface area contributed by atoms with Crippen LogP contribution in [0.25, 0.3) is 0 Å². The van der Waals surface area contributed by atoms with Gasteiger partial charge in [0.05, 0.1) is 12.6 Å². The van der Waals surface area contributed by atoms with E-state index in [1.54, 1.807) is 17.4 Å². The van der Waals surface area contributed by atoms with Crippen LogP contribution in [0.3, 0.4) is 0 Å². The van der Waals surface area contributed by atoms with E-state index in [1.165, 1.54) is 10.4 Å². The normalized spacial score (nSPS) is 15.8. The fourth-order valence-electron chi connectivity index (χ4n) is 3.03. The number of fused-ring (bicyclic) bond motifs is 1. The number of nitrogens with two attached hydrogens (primary N) is 1. The summed E-state index contributed by atoms with van der Waals surface area (Å²) in [7, 11) is 0. The van der Waals surface area contributed by atoms with Gasteiger partial charge in [0.1, 0.15) is 0 Å². The molecular weight excluding hydrogens is 365 g/mol. The van der Waals surface area contributed by atoms with E-state index in [0.717, 1.165) is 25.1 Å². The van der Waals surface area contributed by atoms with E-state index in [2.05, 4.69) is 21.7 Å². The molecule has 0 saturated carbocycles. The van der Waals surface area contributed by atoms with E-state index < -0.39 is 0 Å². The fourth-order valence-corrected chi connectivity index (χ4v) is 4.45. The van der Waals surface area contributed by atoms with Crippen LogP contribution in [0.5, 0.6) is 0 Å². The third-order valence-corrected chi connectivity index (χ3v) is 5.86. The van der Waals surface area contributed by atoms with Crippen molar-refractivity contribution in [2.24, 2.45) is 5.73 Å². The molecule has 3 rings (SSSR count). The van der Waals surface area contributed by atoms with E-state index >= 15 is 0 Å². The summed E-state index contributed by atoms with van der Waals surface area (Å²) in [6, 6.07) is 7.67. The second-order valence-electron chi connectivity index (χ2n) is 5.78. The van der Waals surface area contributed by atoms with Crippen molar-refractivity contribution in [3.8, 4) is 0 Å². The maximum atomic E-state index is 11.6. The van der Waals surface area contributed by atoms with E-state index in [0.29, 0.717) is 16.6 Å². The number of carbonyl (C=O) groups excluding carboxylic acids is 1. The standard InChI is InChI=1S/C17H19Cl2N3OS/c18-12-1-2-13(14(19)7-12)15(9-21-17(23)8-20)22-5-3-16-11(10-22)4-6-24-16/h1-2,4,6-7,15H,3,5,8-10,20H2,(H,21,23). The van der Waals surface area contributed by atoms with Gasteiger partial charge in [0.25, 0.3) is 0 Å². The largest absolute Gasteiger partial charge is 0.353 e. The molecule has 0 fully saturated rings. The molecule has 1 aliphatic rings. The fraction of sp³-hybridized carbons (Fsp3) is 0.353. The van der Waals surface area contributed by atoms with Crippen LogP contribution in [-0.4, -0.2) is 30.4 Å². The summed E-state index contributed by atoms with van der Waals surface area (Å²) in [6.45, 7) is 2.23. The van der Waals surface area contributed by atoms with Crippen LogP contribution in [0, 0.1) is 0 Å². The molecule has 1 amide bonds. The first-order valence-electron chi connectivity index (χ1n) is 7.79. The molecule has 0 saturated heterocycles. The molecule has 128 valence electrons. The lowest BCUT2D eigenvalue weighted by molar-refractivity contribution is -0.120. The molecule has 3 N–H and O–H groups in total. The number of rotatable bonds is 5. The molecule has 0 radical (unpaired) electrons. The third-order valence-electron chi connectivity index (χ3n) is 4.28. The second-order valence-corrected chi connectivity index (χ2v) is 7.62. The highest BCUT2D eigenvalue weighted by molar-refractivity contribution is 7.10. The maximum absolute atomic E-state index is 11.6. The van der Waals surface area contributed by atoms with Crippen molar-refractivity contribution in [3.63, 3.8) is 0 Å². The topological polar surface area (TPSA) is 58.4 Å². The van der Waals surface area contributed by atoms with Crippen molar-refractivity contribution in [3.05, 3.63) is 55.7 Å². The first-order valence-corrected chi connectivity index (χ1v) is 9.43. The molecule has 2 aromatic rings. The number of thiophene rings is 1. The molecule has 0 aliphatic carbocycles. The van der Waals surface area contributed by atoms with Gasteiger partial charge in [0, 0.05) is 34.6 Å². The average molecular weight is 384 g/mol. The van der Waals surface area contributed by atoms with Crippen LogP contribution >= 0.6 is 34.5 Å². The predicted molar refractivity (Wildman–Crippen MR) is 99.7 cm³/mol. The third kappa shape index (κ3) is 3.92. The summed E-state index contributed by atoms with van der Waals surface area (Å²) in [4.78, 5) is 15.4. The van der Waals surface area contributed by atoms with Crippen molar-refractivity contribution >= 4 is 40.4 Å². The summed E-state index contributed by atoms with van der Waals surface area (Å²) in [5, 5.41) is 6.25. The number of halogens is 2. The van der Waals surface area contributed by atoms with E-state index in [4.69, 9.17) is 28.9 Å². The minimum Gasteiger partial charge on any atom is -0.353 e. The Bertz CT molecular complexity index is 734. The van der Waals surface area contributed by atoms with Crippen molar-refractivity contribution in [1.82, 2.24) is 10.2 Å². The Morgan fingerprint density at radius 3 is 2.96 bits per heavy atom. The Balaban J connectivity index is 1.86. The molecule has 7 heteroatoms. The summed E-state index contributed by atoms with van der Waals surface area (Å²) >= 11 is 14.3. The Hall–Kier alpha value is -1.11. The van der Waals surface area contributed by atoms with Gasteiger partial charge in [-0.15, -0.1) is 11.3 Å². The van der Waals surface area contributed by atoms with Crippen LogP contribution in [0.15, 0.2) is 29.6 Å². The number of carbonyl (C=O) groups is 1. The minimum atomic E-state index is -0.168. The molecule has 2 heterocycles. The summed E-state index contributed by atoms with van der Waals surface area (Å²) in [6.07, 6.45) is 1.01. The molecule has 1 aromatic heterocycles. The zero-order chi connectivity index (χ0) is 17.1. The van der Waals surface area contributed by atoms with Crippen molar-refractivity contribution in [2.45, 2.75) is 19.0 Å². The summed E-state index contributed by atoms with van der Waals surface area (Å²) in [5.41, 5.74) is 7.73. The number of hydrogen-bond acceptors (Lipinski definition) is 4. The lowest BCUT2D eigenvalue weighted by Gasteiger charge is -2.35. The van der Waals surface area contributed by atoms with Gasteiger partial charge >= 0.3 is 0 Å². The number of nitrogens with zero attached hydrogens (tertiary/aromatic N) is 1. The quantitative estimate of drug-likeness (QED) is 0.832. The maximum Gasteiger partial charge on any atom is 0.233 e. The number of hydrogen-bond donors (Lipinski definition) is 2. The molecule has 0 bridgehead atoms. The Kier molecular flexibility index (Phi) is 5.79. The smallest absolute Gasteiger partial charge is 0.233 e. The van der Waals surface area contributed by atoms with Crippen LogP contribution in [0.2, 0.25) is 10.0 Å². The Morgan fingerprint density at radius 2 is 2.21 bits per heavy atom. The lowest BCUT2D eigenvalue weighted by Crippen LogP contribution is -2.41. The van der Waals surface area contributed by atoms with Gasteiger partial charge in [-0.1, -0.05) is 29.3 Å². The Morgan fingerprint density at radius 1 is 1.38 bits per heavy atom. The SMILES string of the molecule is NCC(=O)NCC(c1ccc(Cl)cc1Cl)N1CCc2sccc2C1. The van der Waals surface area contributed by atoms with Crippen molar-refractivity contribution in [1.29, 1.82) is 0 Å². The lowest BCUT2D eigenvalue weighted by atomic mass is 10.0. The molecule has 4 nitrogen and oxygen atoms in total. The van der Waals surface area contributed by atoms with E-state index in [9.17, 15) is 4.79 Å². The summed E-state index contributed by atoms with van der Waals surface area (Å²) < 4.78 is 0. The van der Waals surface area contributed by atoms with E-state index in [1.807, 2.05) is 12.1 Å². The van der Waals surface area contributed by atoms with Crippen molar-refractivity contribution in [2.75, 3.05) is 19.6 Å². The number of amides is 1. The van der Waals surface area contributed by atoms with E-state index in [-0.39, 0.29) is 18.5 Å². The molecular formula is C17H19Cl2N3OS. The van der Waals surface area contributed by atoms with Gasteiger partial charge in [-0.25, -0.2) is 0 Å². The van der Waals surface area contributed by atoms with Gasteiger partial charge in [-0.3, -0.25) is 9.69 Å². The highest BCUT2D eigenvalue weighted by atomic mass is 35.5. The molecule has 1 atom stereocenters. The number of nitrogens with one attached hydrogen (secondary N) is 1. The van der Waals surface area contributed by atoms with Gasteiger partial charge in [-0.05, 0) is 41.1 Å². The molecule has 1 aromatic carbocycles. The minimum absolute atomic E-state index is 0.0154. The van der Waals surface area contributed by atoms with Gasteiger partial charge < -0.3 is 11.1 Å². The van der Waals surface area contributed by atoms with Crippen LogP contribution in [0.4, 0.5) is 0 Å². The van der Waals surface area contributed by atoms with Gasteiger partial charge in [-0.2, -0.15) is 0 Å². The first-order chi connectivity index (χ1) is 11.6. The van der Waals surface area contributed by atoms with Crippen LogP contribution in [0.1, 0.15) is 22.0 Å². The highest BCUT2D eigenvalue weighted by Crippen LogP contribution is 2.34. The monoisotopic (exact) mass is 383 g/mol. The second kappa shape index (κ2) is 7.85. The average Bonchev–Trinajstić information content (AvgIpc) is 3.04. The van der Waals surface area contributed by atoms with Crippen molar-refractivity contribution < 1.29 is 4.79 Å². The molecule has 1 aliphatic heterocycles.